The predicted octanol–water partition coefficient (Wildman–Crippen LogP) is -0.195. The highest BCUT2D eigenvalue weighted by molar-refractivity contribution is 6.57. The van der Waals surface area contributed by atoms with Gasteiger partial charge in [-0.3, -0.25) is 0 Å². The third kappa shape index (κ3) is 27.2. The Balaban J connectivity index is 3.12. The summed E-state index contributed by atoms with van der Waals surface area (Å²) < 4.78 is 33.0. The second-order valence-electron chi connectivity index (χ2n) is 7.70. The van der Waals surface area contributed by atoms with E-state index in [4.69, 9.17) is 24.7 Å². The zero-order chi connectivity index (χ0) is 21.3. The van der Waals surface area contributed by atoms with Crippen LogP contribution in [0.1, 0.15) is 90.4 Å². The SMILES string of the molecule is CCCCCCCCCCCCCCC[SiH](C)O[SiH2]O[SiH2]O[SiH2]O[SiH2]O[SiH2]O[SiH3]. The smallest absolute Gasteiger partial charge is 0.286 e. The van der Waals surface area contributed by atoms with Gasteiger partial charge in [0.15, 0.2) is 9.04 Å². The van der Waals surface area contributed by atoms with Gasteiger partial charge in [-0.15, -0.1) is 0 Å². The van der Waals surface area contributed by atoms with E-state index in [-0.39, 0.29) is 0 Å². The van der Waals surface area contributed by atoms with Crippen LogP contribution in [0.2, 0.25) is 12.6 Å². The van der Waals surface area contributed by atoms with Crippen LogP contribution in [0.5, 0.6) is 0 Å². The summed E-state index contributed by atoms with van der Waals surface area (Å²) in [5.41, 5.74) is 0. The molecular weight excluding hydrogens is 485 g/mol. The van der Waals surface area contributed by atoms with Gasteiger partial charge in [-0.2, -0.15) is 0 Å². The van der Waals surface area contributed by atoms with Crippen LogP contribution < -0.4 is 0 Å². The molecule has 0 aromatic carbocycles. The molecule has 0 aliphatic heterocycles. The van der Waals surface area contributed by atoms with E-state index in [0.29, 0.717) is 0 Å². The fourth-order valence-corrected chi connectivity index (χ4v) is 14.7. The minimum Gasteiger partial charge on any atom is -0.449 e. The standard InChI is InChI=1S/C16H48O6Si7/c1-3-4-5-6-7-8-9-10-11-12-13-14-15-16-29(2)22-28-21-27-20-26-19-25-18-24-17-23/h29H,3-16,24-28H2,1-2,23H3. The Morgan fingerprint density at radius 1 is 0.586 bits per heavy atom. The molecule has 0 radical (unpaired) electrons. The zero-order valence-corrected chi connectivity index (χ0v) is 29.7. The van der Waals surface area contributed by atoms with Crippen LogP contribution in [0.4, 0.5) is 0 Å². The minimum absolute atomic E-state index is 0.719. The fraction of sp³-hybridized carbons (Fsp3) is 1.00. The lowest BCUT2D eigenvalue weighted by Crippen LogP contribution is -2.22. The van der Waals surface area contributed by atoms with Crippen molar-refractivity contribution in [3.8, 4) is 0 Å². The van der Waals surface area contributed by atoms with E-state index in [2.05, 4.69) is 13.5 Å². The molecule has 1 unspecified atom stereocenters. The van der Waals surface area contributed by atoms with Gasteiger partial charge in [0.25, 0.3) is 50.0 Å². The Labute approximate surface area is 196 Å². The van der Waals surface area contributed by atoms with Gasteiger partial charge in [0.05, 0.1) is 0 Å². The Morgan fingerprint density at radius 2 is 1.00 bits per heavy atom. The van der Waals surface area contributed by atoms with Crippen LogP contribution in [-0.2, 0) is 24.7 Å². The van der Waals surface area contributed by atoms with Crippen LogP contribution in [0.3, 0.4) is 0 Å². The maximum absolute atomic E-state index is 5.97. The van der Waals surface area contributed by atoms with Crippen molar-refractivity contribution in [2.24, 2.45) is 0 Å². The Bertz CT molecular complexity index is 311. The molecule has 6 nitrogen and oxygen atoms in total. The van der Waals surface area contributed by atoms with Gasteiger partial charge in [0.1, 0.15) is 10.5 Å². The monoisotopic (exact) mass is 532 g/mol. The summed E-state index contributed by atoms with van der Waals surface area (Å²) in [4.78, 5) is 0. The normalized spacial score (nSPS) is 14.7. The largest absolute Gasteiger partial charge is 0.449 e. The van der Waals surface area contributed by atoms with E-state index < -0.39 is 59.1 Å². The Kier molecular flexibility index (Phi) is 28.5. The molecule has 29 heavy (non-hydrogen) atoms. The van der Waals surface area contributed by atoms with Crippen LogP contribution in [-0.4, -0.2) is 69.6 Å². The van der Waals surface area contributed by atoms with Crippen molar-refractivity contribution in [3.05, 3.63) is 0 Å². The van der Waals surface area contributed by atoms with Crippen molar-refractivity contribution in [1.82, 2.24) is 0 Å². The highest BCUT2D eigenvalue weighted by atomic mass is 28.4. The van der Waals surface area contributed by atoms with Crippen LogP contribution in [0.25, 0.3) is 0 Å². The molecule has 0 saturated carbocycles. The average Bonchev–Trinajstić information content (AvgIpc) is 2.72. The van der Waals surface area contributed by atoms with Crippen LogP contribution in [0, 0.1) is 0 Å². The molecule has 1 atom stereocenters. The molecule has 0 fully saturated rings. The van der Waals surface area contributed by atoms with Gasteiger partial charge in [-0.1, -0.05) is 90.4 Å². The van der Waals surface area contributed by atoms with Gasteiger partial charge < -0.3 is 24.7 Å². The second-order valence-corrected chi connectivity index (χ2v) is 21.3. The van der Waals surface area contributed by atoms with E-state index >= 15 is 0 Å². The van der Waals surface area contributed by atoms with E-state index in [1.807, 2.05) is 0 Å². The molecule has 0 aliphatic carbocycles. The summed E-state index contributed by atoms with van der Waals surface area (Å²) in [7, 11) is -4.32. The quantitative estimate of drug-likeness (QED) is 0.120. The zero-order valence-electron chi connectivity index (χ0n) is 19.5. The molecular formula is C16H48O6Si7. The van der Waals surface area contributed by atoms with Gasteiger partial charge in [-0.05, 0) is 12.6 Å². The molecule has 0 spiro atoms. The number of hydrogen-bond acceptors (Lipinski definition) is 6. The number of rotatable bonds is 25. The first-order chi connectivity index (χ1) is 14.3. The van der Waals surface area contributed by atoms with Crippen LogP contribution in [0.15, 0.2) is 0 Å². The van der Waals surface area contributed by atoms with E-state index in [1.54, 1.807) is 0 Å². The molecule has 0 bridgehead atoms. The van der Waals surface area contributed by atoms with Gasteiger partial charge in [-0.25, -0.2) is 0 Å². The molecule has 0 saturated heterocycles. The van der Waals surface area contributed by atoms with Crippen LogP contribution >= 0.6 is 0 Å². The number of unbranched alkanes of at least 4 members (excludes halogenated alkanes) is 12. The fourth-order valence-electron chi connectivity index (χ4n) is 3.09. The summed E-state index contributed by atoms with van der Waals surface area (Å²) in [5, 5.41) is 0. The highest BCUT2D eigenvalue weighted by Crippen LogP contribution is 2.13. The summed E-state index contributed by atoms with van der Waals surface area (Å²) >= 11 is 0. The lowest BCUT2D eigenvalue weighted by atomic mass is 10.1. The average molecular weight is 533 g/mol. The van der Waals surface area contributed by atoms with Gasteiger partial charge in [0.2, 0.25) is 0 Å². The third-order valence-corrected chi connectivity index (χ3v) is 15.2. The van der Waals surface area contributed by atoms with Crippen molar-refractivity contribution in [2.75, 3.05) is 0 Å². The number of hydrogen-bond donors (Lipinski definition) is 0. The van der Waals surface area contributed by atoms with Crippen molar-refractivity contribution in [1.29, 1.82) is 0 Å². The van der Waals surface area contributed by atoms with Crippen molar-refractivity contribution in [3.63, 3.8) is 0 Å². The molecule has 0 aromatic rings. The van der Waals surface area contributed by atoms with Crippen molar-refractivity contribution < 1.29 is 24.7 Å². The molecule has 0 aromatic heterocycles. The molecule has 0 heterocycles. The summed E-state index contributed by atoms with van der Waals surface area (Å²) in [5.74, 6) is 0. The topological polar surface area (TPSA) is 55.4 Å². The van der Waals surface area contributed by atoms with Crippen molar-refractivity contribution in [2.45, 2.75) is 103 Å². The first-order valence-electron chi connectivity index (χ1n) is 11.7. The van der Waals surface area contributed by atoms with Gasteiger partial charge in [0, 0.05) is 0 Å². The first kappa shape index (κ1) is 30.3. The molecule has 176 valence electrons. The summed E-state index contributed by atoms with van der Waals surface area (Å²) in [6.07, 6.45) is 18.4. The Morgan fingerprint density at radius 3 is 1.48 bits per heavy atom. The molecule has 0 rings (SSSR count). The second kappa shape index (κ2) is 27.3. The lowest BCUT2D eigenvalue weighted by molar-refractivity contribution is 0.378. The molecule has 0 amide bonds. The maximum atomic E-state index is 5.97. The summed E-state index contributed by atoms with van der Waals surface area (Å²) in [6.45, 7) is 4.60. The van der Waals surface area contributed by atoms with Crippen molar-refractivity contribution >= 4 is 69.6 Å². The minimum atomic E-state index is -1.00. The van der Waals surface area contributed by atoms with E-state index in [0.717, 1.165) is 10.5 Å². The highest BCUT2D eigenvalue weighted by Gasteiger charge is 2.05. The molecule has 0 N–H and O–H groups in total. The first-order valence-corrected chi connectivity index (χ1v) is 20.8. The lowest BCUT2D eigenvalue weighted by Gasteiger charge is -2.12. The summed E-state index contributed by atoms with van der Waals surface area (Å²) in [6, 6.07) is 1.30. The third-order valence-electron chi connectivity index (χ3n) is 4.85. The Hall–Kier alpha value is 1.28. The predicted molar refractivity (Wildman–Crippen MR) is 143 cm³/mol. The molecule has 13 heteroatoms. The van der Waals surface area contributed by atoms with E-state index in [9.17, 15) is 0 Å². The van der Waals surface area contributed by atoms with Gasteiger partial charge >= 0.3 is 0 Å². The maximum Gasteiger partial charge on any atom is 0.286 e. The van der Waals surface area contributed by atoms with E-state index in [1.165, 1.54) is 89.5 Å². The molecule has 0 aliphatic rings.